The van der Waals surface area contributed by atoms with Crippen molar-refractivity contribution in [1.82, 2.24) is 4.57 Å². The van der Waals surface area contributed by atoms with Crippen LogP contribution in [0, 0.1) is 0 Å². The minimum Gasteiger partial charge on any atom is -0.497 e. The number of halogens is 1. The Labute approximate surface area is 221 Å². The van der Waals surface area contributed by atoms with E-state index in [0.717, 1.165) is 5.56 Å². The molecule has 0 aliphatic carbocycles. The third-order valence-electron chi connectivity index (χ3n) is 5.94. The van der Waals surface area contributed by atoms with Crippen LogP contribution in [0.15, 0.2) is 86.1 Å². The van der Waals surface area contributed by atoms with E-state index < -0.39 is 12.0 Å². The van der Waals surface area contributed by atoms with Crippen molar-refractivity contribution in [3.63, 3.8) is 0 Å². The molecule has 0 saturated carbocycles. The van der Waals surface area contributed by atoms with Crippen LogP contribution in [0.2, 0.25) is 5.02 Å². The molecule has 9 heteroatoms. The Kier molecular flexibility index (Phi) is 6.86. The molecule has 1 aliphatic rings. The Hall–Kier alpha value is -3.88. The maximum absolute atomic E-state index is 13.7. The van der Waals surface area contributed by atoms with E-state index >= 15 is 0 Å². The molecule has 0 spiro atoms. The second-order valence-corrected chi connectivity index (χ2v) is 9.74. The quantitative estimate of drug-likeness (QED) is 0.334. The zero-order valence-electron chi connectivity index (χ0n) is 20.4. The molecule has 1 aliphatic heterocycles. The van der Waals surface area contributed by atoms with Crippen LogP contribution in [0.1, 0.15) is 31.2 Å². The van der Waals surface area contributed by atoms with Gasteiger partial charge in [-0.3, -0.25) is 9.36 Å². The van der Waals surface area contributed by atoms with E-state index in [2.05, 4.69) is 4.99 Å². The molecule has 0 N–H and O–H groups in total. The summed E-state index contributed by atoms with van der Waals surface area (Å²) < 4.78 is 18.7. The smallest absolute Gasteiger partial charge is 0.338 e. The van der Waals surface area contributed by atoms with Crippen molar-refractivity contribution in [1.29, 1.82) is 0 Å². The third kappa shape index (κ3) is 4.77. The van der Waals surface area contributed by atoms with Gasteiger partial charge in [-0.15, -0.1) is 0 Å². The summed E-state index contributed by atoms with van der Waals surface area (Å²) in [6, 6.07) is 17.6. The summed E-state index contributed by atoms with van der Waals surface area (Å²) in [5.74, 6) is 1.25. The summed E-state index contributed by atoms with van der Waals surface area (Å²) >= 11 is 7.34. The molecule has 3 heterocycles. The van der Waals surface area contributed by atoms with Gasteiger partial charge in [-0.05, 0) is 55.8 Å². The van der Waals surface area contributed by atoms with Gasteiger partial charge in [0.15, 0.2) is 4.80 Å². The molecule has 0 saturated heterocycles. The summed E-state index contributed by atoms with van der Waals surface area (Å²) in [7, 11) is 1.57. The van der Waals surface area contributed by atoms with Crippen molar-refractivity contribution in [2.75, 3.05) is 13.7 Å². The lowest BCUT2D eigenvalue weighted by Gasteiger charge is -2.24. The summed E-state index contributed by atoms with van der Waals surface area (Å²) in [6.07, 6.45) is 1.68. The van der Waals surface area contributed by atoms with Gasteiger partial charge >= 0.3 is 5.97 Å². The van der Waals surface area contributed by atoms with Crippen molar-refractivity contribution in [2.45, 2.75) is 19.9 Å². The fourth-order valence-corrected chi connectivity index (χ4v) is 5.49. The second kappa shape index (κ2) is 10.2. The predicted molar refractivity (Wildman–Crippen MR) is 143 cm³/mol. The molecular formula is C28H23ClN2O5S. The Morgan fingerprint density at radius 3 is 2.76 bits per heavy atom. The van der Waals surface area contributed by atoms with Crippen molar-refractivity contribution in [3.8, 4) is 17.1 Å². The monoisotopic (exact) mass is 534 g/mol. The van der Waals surface area contributed by atoms with Crippen LogP contribution < -0.4 is 19.6 Å². The highest BCUT2D eigenvalue weighted by atomic mass is 35.5. The number of hydrogen-bond donors (Lipinski definition) is 0. The number of fused-ring (bicyclic) bond motifs is 1. The molecule has 4 aromatic rings. The van der Waals surface area contributed by atoms with Crippen LogP contribution in [0.3, 0.4) is 0 Å². The van der Waals surface area contributed by atoms with E-state index in [4.69, 9.17) is 25.5 Å². The van der Waals surface area contributed by atoms with E-state index in [0.29, 0.717) is 48.5 Å². The fourth-order valence-electron chi connectivity index (χ4n) is 4.28. The topological polar surface area (TPSA) is 83.0 Å². The summed E-state index contributed by atoms with van der Waals surface area (Å²) in [5, 5.41) is 0.606. The first-order chi connectivity index (χ1) is 17.9. The number of thiazole rings is 1. The molecule has 2 aromatic heterocycles. The van der Waals surface area contributed by atoms with E-state index in [-0.39, 0.29) is 12.2 Å². The van der Waals surface area contributed by atoms with Crippen molar-refractivity contribution in [2.24, 2.45) is 4.99 Å². The zero-order chi connectivity index (χ0) is 26.1. The maximum atomic E-state index is 13.7. The average molecular weight is 535 g/mol. The van der Waals surface area contributed by atoms with Gasteiger partial charge in [0.05, 0.1) is 35.6 Å². The van der Waals surface area contributed by atoms with Crippen molar-refractivity contribution in [3.05, 3.63) is 108 Å². The molecule has 5 rings (SSSR count). The Morgan fingerprint density at radius 1 is 1.19 bits per heavy atom. The number of esters is 1. The molecule has 2 aromatic carbocycles. The zero-order valence-corrected chi connectivity index (χ0v) is 21.9. The molecular weight excluding hydrogens is 512 g/mol. The number of ether oxygens (including phenoxy) is 2. The van der Waals surface area contributed by atoms with Gasteiger partial charge in [0.2, 0.25) is 0 Å². The molecule has 0 radical (unpaired) electrons. The van der Waals surface area contributed by atoms with E-state index in [9.17, 15) is 9.59 Å². The third-order valence-corrected chi connectivity index (χ3v) is 7.15. The highest BCUT2D eigenvalue weighted by molar-refractivity contribution is 7.07. The van der Waals surface area contributed by atoms with Gasteiger partial charge in [-0.2, -0.15) is 0 Å². The first kappa shape index (κ1) is 24.8. The van der Waals surface area contributed by atoms with Crippen LogP contribution in [-0.4, -0.2) is 24.3 Å². The molecule has 7 nitrogen and oxygen atoms in total. The second-order valence-electron chi connectivity index (χ2n) is 8.29. The predicted octanol–water partition coefficient (Wildman–Crippen LogP) is 4.72. The number of aromatic nitrogens is 1. The first-order valence-corrected chi connectivity index (χ1v) is 12.8. The van der Waals surface area contributed by atoms with Crippen LogP contribution >= 0.6 is 22.9 Å². The van der Waals surface area contributed by atoms with Gasteiger partial charge in [0, 0.05) is 16.7 Å². The molecule has 0 fully saturated rings. The standard InChI is InChI=1S/C28H23ClN2O5S/c1-4-35-27(33)24-16(2)30-28-31(25(24)18-8-6-10-20(14-18)34-3)26(32)23(37-28)15-21-11-12-22(36-21)17-7-5-9-19(29)13-17/h5-15,25H,4H2,1-3H3/b23-15-/t25-/m0/s1. The molecule has 1 atom stereocenters. The lowest BCUT2D eigenvalue weighted by atomic mass is 9.95. The van der Waals surface area contributed by atoms with E-state index in [1.807, 2.05) is 48.5 Å². The summed E-state index contributed by atoms with van der Waals surface area (Å²) in [5.41, 5.74) is 2.08. The van der Waals surface area contributed by atoms with Gasteiger partial charge in [-0.25, -0.2) is 9.79 Å². The number of allylic oxidation sites excluding steroid dienone is 1. The van der Waals surface area contributed by atoms with E-state index in [1.165, 1.54) is 15.9 Å². The largest absolute Gasteiger partial charge is 0.497 e. The highest BCUT2D eigenvalue weighted by Crippen LogP contribution is 2.32. The minimum absolute atomic E-state index is 0.207. The van der Waals surface area contributed by atoms with Crippen LogP contribution in [0.25, 0.3) is 17.4 Å². The number of nitrogens with zero attached hydrogens (tertiary/aromatic N) is 2. The number of benzene rings is 2. The number of carbonyl (C=O) groups excluding carboxylic acids is 1. The minimum atomic E-state index is -0.717. The van der Waals surface area contributed by atoms with Gasteiger partial charge in [0.1, 0.15) is 17.3 Å². The highest BCUT2D eigenvalue weighted by Gasteiger charge is 2.33. The van der Waals surface area contributed by atoms with Gasteiger partial charge in [0.25, 0.3) is 5.56 Å². The SMILES string of the molecule is CCOC(=O)C1=C(C)N=c2s/c(=C\c3ccc(-c4cccc(Cl)c4)o3)c(=O)n2[C@H]1c1cccc(OC)c1. The normalized spacial score (nSPS) is 15.4. The van der Waals surface area contributed by atoms with Crippen molar-refractivity contribution >= 4 is 35.0 Å². The average Bonchev–Trinajstić information content (AvgIpc) is 3.48. The number of furan rings is 1. The van der Waals surface area contributed by atoms with Crippen LogP contribution in [-0.2, 0) is 9.53 Å². The number of hydrogen-bond acceptors (Lipinski definition) is 7. The maximum Gasteiger partial charge on any atom is 0.338 e. The van der Waals surface area contributed by atoms with Crippen molar-refractivity contribution < 1.29 is 18.7 Å². The number of methoxy groups -OCH3 is 1. The Morgan fingerprint density at radius 2 is 2.00 bits per heavy atom. The van der Waals surface area contributed by atoms with Crippen LogP contribution in [0.5, 0.6) is 5.75 Å². The summed E-state index contributed by atoms with van der Waals surface area (Å²) in [4.78, 5) is 31.8. The molecule has 0 bridgehead atoms. The van der Waals surface area contributed by atoms with E-state index in [1.54, 1.807) is 39.2 Å². The fraction of sp³-hybridized carbons (Fsp3) is 0.179. The lowest BCUT2D eigenvalue weighted by molar-refractivity contribution is -0.139. The number of rotatable bonds is 6. The molecule has 0 amide bonds. The number of carbonyl (C=O) groups is 1. The summed E-state index contributed by atoms with van der Waals surface area (Å²) in [6.45, 7) is 3.70. The molecule has 37 heavy (non-hydrogen) atoms. The Bertz CT molecular complexity index is 1710. The first-order valence-electron chi connectivity index (χ1n) is 11.6. The molecule has 188 valence electrons. The molecule has 0 unspecified atom stereocenters. The van der Waals surface area contributed by atoms with Crippen LogP contribution in [0.4, 0.5) is 0 Å². The Balaban J connectivity index is 1.65. The van der Waals surface area contributed by atoms with Gasteiger partial charge < -0.3 is 13.9 Å². The van der Waals surface area contributed by atoms with Gasteiger partial charge in [-0.1, -0.05) is 47.2 Å². The lowest BCUT2D eigenvalue weighted by Crippen LogP contribution is -2.39.